The number of hydrogen-bond acceptors (Lipinski definition) is 13. The molecule has 1 amide bonds. The van der Waals surface area contributed by atoms with Crippen LogP contribution in [0.1, 0.15) is 22.6 Å². The fraction of sp³-hybridized carbons (Fsp3) is 0.321. The number of β-amino-alcohol motifs (C(OH)–C–C–N with tert-alkyl or cyclic N) is 1. The van der Waals surface area contributed by atoms with Crippen molar-refractivity contribution in [2.75, 3.05) is 54.5 Å². The Labute approximate surface area is 249 Å². The summed E-state index contributed by atoms with van der Waals surface area (Å²) in [7, 11) is 0. The lowest BCUT2D eigenvalue weighted by Gasteiger charge is -2.24. The van der Waals surface area contributed by atoms with Crippen LogP contribution >= 0.6 is 0 Å². The molecule has 0 radical (unpaired) electrons. The van der Waals surface area contributed by atoms with E-state index in [0.29, 0.717) is 92.6 Å². The van der Waals surface area contributed by atoms with Crippen molar-refractivity contribution in [3.05, 3.63) is 54.2 Å². The molecular formula is C28H29N7O9. The molecule has 16 heteroatoms. The Morgan fingerprint density at radius 2 is 1.77 bits per heavy atom. The van der Waals surface area contributed by atoms with Gasteiger partial charge in [-0.1, -0.05) is 0 Å². The standard InChI is InChI=1S/C24H25N7O5.C4H4O4/c1-14-10-15(2-4-25-14)23-27-18(13-35-23)22(33)26-17-11-19-20(28-21(17)31-5-3-16(32)12-31)29-24(36-19)30-6-8-34-9-7-30;5-3(6)1-2-4(7)8/h2,4,10-11,13,16,32H,3,5-9,12H2,1H3,(H,26,33);1-2H,(H,5,6)(H,7,8)/b;2-1-/t16-;/m1./s1. The summed E-state index contributed by atoms with van der Waals surface area (Å²) in [6, 6.07) is 5.78. The van der Waals surface area contributed by atoms with Crippen molar-refractivity contribution in [1.29, 1.82) is 0 Å². The van der Waals surface area contributed by atoms with E-state index >= 15 is 0 Å². The van der Waals surface area contributed by atoms with Crippen LogP contribution in [0.2, 0.25) is 0 Å². The second-order valence-corrected chi connectivity index (χ2v) is 9.85. The molecule has 4 aromatic heterocycles. The third-order valence-electron chi connectivity index (χ3n) is 6.59. The van der Waals surface area contributed by atoms with Gasteiger partial charge in [0.25, 0.3) is 11.9 Å². The number of carboxylic acid groups (broad SMARTS) is 2. The van der Waals surface area contributed by atoms with Crippen LogP contribution in [0.5, 0.6) is 0 Å². The highest BCUT2D eigenvalue weighted by Gasteiger charge is 2.27. The van der Waals surface area contributed by atoms with Crippen molar-refractivity contribution in [3.8, 4) is 11.5 Å². The van der Waals surface area contributed by atoms with Crippen molar-refractivity contribution in [2.45, 2.75) is 19.4 Å². The summed E-state index contributed by atoms with van der Waals surface area (Å²) in [6.07, 6.45) is 4.24. The van der Waals surface area contributed by atoms with Crippen LogP contribution < -0.4 is 15.1 Å². The largest absolute Gasteiger partial charge is 0.478 e. The normalized spacial score (nSPS) is 16.6. The van der Waals surface area contributed by atoms with Gasteiger partial charge in [-0.25, -0.2) is 19.6 Å². The number of anilines is 3. The van der Waals surface area contributed by atoms with Gasteiger partial charge < -0.3 is 44.0 Å². The zero-order chi connectivity index (χ0) is 31.2. The average Bonchev–Trinajstić information content (AvgIpc) is 3.76. The maximum Gasteiger partial charge on any atom is 0.328 e. The number of aliphatic hydroxyl groups excluding tert-OH is 1. The van der Waals surface area contributed by atoms with E-state index in [1.165, 1.54) is 6.26 Å². The third-order valence-corrected chi connectivity index (χ3v) is 6.59. The molecule has 230 valence electrons. The number of carbonyl (C=O) groups excluding carboxylic acids is 1. The molecule has 0 saturated carbocycles. The number of aliphatic hydroxyl groups is 1. The number of carboxylic acids is 2. The highest BCUT2D eigenvalue weighted by atomic mass is 16.5. The van der Waals surface area contributed by atoms with Gasteiger partial charge in [-0.3, -0.25) is 9.78 Å². The second-order valence-electron chi connectivity index (χ2n) is 9.85. The average molecular weight is 608 g/mol. The molecule has 6 rings (SSSR count). The van der Waals surface area contributed by atoms with Gasteiger partial charge in [0, 0.05) is 61.9 Å². The predicted molar refractivity (Wildman–Crippen MR) is 155 cm³/mol. The van der Waals surface area contributed by atoms with Crippen LogP contribution in [-0.4, -0.2) is 98.6 Å². The number of amides is 1. The number of fused-ring (bicyclic) bond motifs is 1. The van der Waals surface area contributed by atoms with E-state index in [4.69, 9.17) is 28.8 Å². The van der Waals surface area contributed by atoms with Gasteiger partial charge in [-0.15, -0.1) is 0 Å². The first-order chi connectivity index (χ1) is 21.2. The lowest BCUT2D eigenvalue weighted by molar-refractivity contribution is -0.134. The fourth-order valence-corrected chi connectivity index (χ4v) is 4.52. The molecule has 4 N–H and O–H groups in total. The van der Waals surface area contributed by atoms with Crippen LogP contribution in [0.25, 0.3) is 22.7 Å². The van der Waals surface area contributed by atoms with Crippen LogP contribution in [-0.2, 0) is 14.3 Å². The van der Waals surface area contributed by atoms with Crippen molar-refractivity contribution >= 4 is 46.6 Å². The molecule has 2 aliphatic rings. The van der Waals surface area contributed by atoms with E-state index in [0.717, 1.165) is 11.3 Å². The van der Waals surface area contributed by atoms with E-state index in [9.17, 15) is 19.5 Å². The molecule has 2 fully saturated rings. The molecule has 44 heavy (non-hydrogen) atoms. The van der Waals surface area contributed by atoms with Gasteiger partial charge in [-0.2, -0.15) is 4.98 Å². The quantitative estimate of drug-likeness (QED) is 0.221. The highest BCUT2D eigenvalue weighted by Crippen LogP contribution is 2.33. The summed E-state index contributed by atoms with van der Waals surface area (Å²) >= 11 is 0. The summed E-state index contributed by atoms with van der Waals surface area (Å²) in [4.78, 5) is 54.0. The van der Waals surface area contributed by atoms with Gasteiger partial charge >= 0.3 is 11.9 Å². The number of aliphatic carboxylic acids is 2. The van der Waals surface area contributed by atoms with E-state index in [1.54, 1.807) is 18.3 Å². The second kappa shape index (κ2) is 13.3. The maximum atomic E-state index is 13.1. The van der Waals surface area contributed by atoms with Crippen molar-refractivity contribution in [2.24, 2.45) is 0 Å². The number of ether oxygens (including phenoxy) is 1. The molecule has 4 aromatic rings. The predicted octanol–water partition coefficient (Wildman–Crippen LogP) is 1.95. The van der Waals surface area contributed by atoms with Crippen molar-refractivity contribution < 1.29 is 43.3 Å². The topological polar surface area (TPSA) is 217 Å². The molecule has 0 unspecified atom stereocenters. The van der Waals surface area contributed by atoms with Gasteiger partial charge in [0.1, 0.15) is 6.26 Å². The van der Waals surface area contributed by atoms with Crippen LogP contribution in [0.3, 0.4) is 0 Å². The fourth-order valence-electron chi connectivity index (χ4n) is 4.52. The Balaban J connectivity index is 0.000000426. The number of pyridine rings is 2. The van der Waals surface area contributed by atoms with Gasteiger partial charge in [-0.05, 0) is 25.5 Å². The molecule has 2 saturated heterocycles. The number of morpholine rings is 1. The number of nitrogens with zero attached hydrogens (tertiary/aromatic N) is 6. The first-order valence-corrected chi connectivity index (χ1v) is 13.6. The highest BCUT2D eigenvalue weighted by molar-refractivity contribution is 6.05. The molecule has 16 nitrogen and oxygen atoms in total. The number of rotatable bonds is 7. The SMILES string of the molecule is Cc1cc(-c2nc(C(=O)Nc3cc4oc(N5CCOCC5)nc4nc3N3CC[C@@H](O)C3)co2)ccn1.O=C(O)/C=C\C(=O)O. The lowest BCUT2D eigenvalue weighted by atomic mass is 10.2. The summed E-state index contributed by atoms with van der Waals surface area (Å²) in [5.74, 6) is -2.12. The van der Waals surface area contributed by atoms with Gasteiger partial charge in [0.15, 0.2) is 17.1 Å². The Morgan fingerprint density at radius 3 is 2.43 bits per heavy atom. The number of hydrogen-bond donors (Lipinski definition) is 4. The summed E-state index contributed by atoms with van der Waals surface area (Å²) < 4.78 is 16.9. The Kier molecular flexibility index (Phi) is 9.11. The monoisotopic (exact) mass is 607 g/mol. The Morgan fingerprint density at radius 1 is 1.02 bits per heavy atom. The van der Waals surface area contributed by atoms with E-state index in [2.05, 4.69) is 20.3 Å². The number of oxazole rings is 2. The molecule has 1 atom stereocenters. The van der Waals surface area contributed by atoms with Gasteiger partial charge in [0.05, 0.1) is 25.0 Å². The number of aromatic nitrogens is 4. The van der Waals surface area contributed by atoms with E-state index in [-0.39, 0.29) is 5.69 Å². The zero-order valence-corrected chi connectivity index (χ0v) is 23.5. The number of carbonyl (C=O) groups is 3. The van der Waals surface area contributed by atoms with Crippen molar-refractivity contribution in [3.63, 3.8) is 0 Å². The first kappa shape index (κ1) is 30.1. The summed E-state index contributed by atoms with van der Waals surface area (Å²) in [5, 5.41) is 28.6. The number of aryl methyl sites for hydroxylation is 1. The molecule has 0 aliphatic carbocycles. The van der Waals surface area contributed by atoms with Crippen LogP contribution in [0.15, 0.2) is 51.6 Å². The zero-order valence-electron chi connectivity index (χ0n) is 23.5. The third kappa shape index (κ3) is 7.34. The smallest absolute Gasteiger partial charge is 0.328 e. The minimum absolute atomic E-state index is 0.124. The van der Waals surface area contributed by atoms with Crippen LogP contribution in [0, 0.1) is 6.92 Å². The van der Waals surface area contributed by atoms with E-state index in [1.807, 2.05) is 22.8 Å². The Bertz CT molecular complexity index is 1680. The summed E-state index contributed by atoms with van der Waals surface area (Å²) in [6.45, 7) is 5.43. The lowest BCUT2D eigenvalue weighted by Crippen LogP contribution is -2.36. The minimum Gasteiger partial charge on any atom is -0.478 e. The minimum atomic E-state index is -1.26. The van der Waals surface area contributed by atoms with Gasteiger partial charge in [0.2, 0.25) is 11.5 Å². The van der Waals surface area contributed by atoms with Crippen molar-refractivity contribution in [1.82, 2.24) is 19.9 Å². The van der Waals surface area contributed by atoms with E-state index < -0.39 is 23.9 Å². The maximum absolute atomic E-state index is 13.1. The first-order valence-electron chi connectivity index (χ1n) is 13.6. The summed E-state index contributed by atoms with van der Waals surface area (Å²) in [5.41, 5.74) is 2.99. The number of nitrogens with one attached hydrogen (secondary N) is 1. The molecule has 6 heterocycles. The molecule has 0 spiro atoms. The molecular weight excluding hydrogens is 578 g/mol. The molecule has 2 aliphatic heterocycles. The van der Waals surface area contributed by atoms with Crippen LogP contribution in [0.4, 0.5) is 17.5 Å². The molecule has 0 aromatic carbocycles. The Hall–Kier alpha value is -5.35. The molecule has 0 bridgehead atoms.